The molecular weight excluding hydrogens is 617 g/mol. The Morgan fingerprint density at radius 3 is 1.69 bits per heavy atom. The zero-order valence-corrected chi connectivity index (χ0v) is 27.7. The molecule has 2 aliphatic carbocycles. The molecule has 0 saturated heterocycles. The lowest BCUT2D eigenvalue weighted by molar-refractivity contribution is 0.929. The Hall–Kier alpha value is -5.78. The highest BCUT2D eigenvalue weighted by Gasteiger charge is 2.15. The van der Waals surface area contributed by atoms with E-state index < -0.39 is 0 Å². The number of aromatic nitrogens is 4. The van der Waals surface area contributed by atoms with Crippen molar-refractivity contribution in [1.29, 1.82) is 0 Å². The number of nitrogens with zero attached hydrogens (tertiary/aromatic N) is 4. The zero-order valence-electron chi connectivity index (χ0n) is 26.9. The molecule has 7 aromatic rings. The van der Waals surface area contributed by atoms with Crippen LogP contribution in [0.4, 0.5) is 0 Å². The van der Waals surface area contributed by atoms with Gasteiger partial charge in [0, 0.05) is 33.5 Å². The first-order chi connectivity index (χ1) is 24.2. The average molecular weight is 649 g/mol. The van der Waals surface area contributed by atoms with Gasteiger partial charge in [-0.05, 0) is 60.6 Å². The van der Waals surface area contributed by atoms with Crippen LogP contribution in [0.3, 0.4) is 0 Å². The lowest BCUT2D eigenvalue weighted by Gasteiger charge is -2.12. The number of hydrogen-bond acceptors (Lipinski definition) is 5. The van der Waals surface area contributed by atoms with Gasteiger partial charge in [0.2, 0.25) is 0 Å². The predicted molar refractivity (Wildman–Crippen MR) is 203 cm³/mol. The van der Waals surface area contributed by atoms with Gasteiger partial charge in [0.15, 0.2) is 5.82 Å². The Bertz CT molecular complexity index is 2350. The summed E-state index contributed by atoms with van der Waals surface area (Å²) in [6.45, 7) is 0. The first-order valence-electron chi connectivity index (χ1n) is 16.8. The summed E-state index contributed by atoms with van der Waals surface area (Å²) in [5, 5.41) is 1.07. The van der Waals surface area contributed by atoms with Crippen molar-refractivity contribution in [1.82, 2.24) is 19.9 Å². The molecule has 3 heterocycles. The van der Waals surface area contributed by atoms with Crippen LogP contribution in [0, 0.1) is 0 Å². The molecule has 0 radical (unpaired) electrons. The Labute approximate surface area is 290 Å². The topological polar surface area (TPSA) is 51.6 Å². The van der Waals surface area contributed by atoms with Crippen molar-refractivity contribution in [3.63, 3.8) is 0 Å². The molecular formula is C44H32N4S. The molecule has 0 N–H and O–H groups in total. The summed E-state index contributed by atoms with van der Waals surface area (Å²) >= 11 is 1.76. The molecule has 0 aliphatic heterocycles. The van der Waals surface area contributed by atoms with Gasteiger partial charge in [0.25, 0.3) is 0 Å². The third-order valence-electron chi connectivity index (χ3n) is 9.28. The molecule has 0 bridgehead atoms. The largest absolute Gasteiger partial charge is 0.252 e. The van der Waals surface area contributed by atoms with Crippen molar-refractivity contribution >= 4 is 23.5 Å². The fourth-order valence-corrected chi connectivity index (χ4v) is 7.62. The van der Waals surface area contributed by atoms with Crippen molar-refractivity contribution < 1.29 is 0 Å². The zero-order chi connectivity index (χ0) is 32.6. The van der Waals surface area contributed by atoms with E-state index in [0.717, 1.165) is 75.6 Å². The van der Waals surface area contributed by atoms with Crippen molar-refractivity contribution in [3.05, 3.63) is 155 Å². The van der Waals surface area contributed by atoms with Gasteiger partial charge in [-0.3, -0.25) is 4.98 Å². The number of hydrogen-bond donors (Lipinski definition) is 0. The molecule has 0 saturated carbocycles. The van der Waals surface area contributed by atoms with Crippen molar-refractivity contribution in [3.8, 4) is 66.9 Å². The molecule has 0 amide bonds. The molecule has 0 unspecified atom stereocenters. The molecule has 0 spiro atoms. The minimum atomic E-state index is 0.693. The fourth-order valence-electron chi connectivity index (χ4n) is 6.57. The van der Waals surface area contributed by atoms with E-state index in [4.69, 9.17) is 19.9 Å². The molecule has 3 aromatic heterocycles. The summed E-state index contributed by atoms with van der Waals surface area (Å²) in [4.78, 5) is 21.4. The second-order valence-corrected chi connectivity index (χ2v) is 13.5. The highest BCUT2D eigenvalue weighted by atomic mass is 32.1. The molecule has 0 atom stereocenters. The number of thiazole rings is 1. The summed E-state index contributed by atoms with van der Waals surface area (Å²) in [6.07, 6.45) is 12.9. The molecule has 49 heavy (non-hydrogen) atoms. The van der Waals surface area contributed by atoms with E-state index >= 15 is 0 Å². The van der Waals surface area contributed by atoms with Crippen LogP contribution in [0.1, 0.15) is 34.7 Å². The Balaban J connectivity index is 1.08. The van der Waals surface area contributed by atoms with E-state index in [1.165, 1.54) is 33.0 Å². The van der Waals surface area contributed by atoms with Gasteiger partial charge in [-0.1, -0.05) is 127 Å². The summed E-state index contributed by atoms with van der Waals surface area (Å²) in [6, 6.07) is 42.6. The van der Waals surface area contributed by atoms with E-state index in [9.17, 15) is 0 Å². The standard InChI is InChI=1S/C44H32N4S/c1-2-8-29(9-3-1)30-14-16-33(17-15-30)40-28-41(34-20-24-36(25-21-34)44-48-39-12-6-7-13-42(39)49-44)47-43(46-40)35-22-18-32(19-23-35)38-27-26-31-10-4-5-11-37(31)45-38/h1-4,7-10,13-28H,5-6,11-12H2. The Morgan fingerprint density at radius 2 is 1.00 bits per heavy atom. The Kier molecular flexibility index (Phi) is 7.60. The fraction of sp³-hybridized carbons (Fsp3) is 0.0909. The SMILES string of the molecule is C1=Cc2ccc(-c3ccc(-c4nc(-c5ccc(-c6ccccc6)cc5)cc(-c5ccc(-c6nc7c(s6)C=CCC7)cc5)n4)cc3)nc2CC1. The van der Waals surface area contributed by atoms with Crippen LogP contribution in [-0.4, -0.2) is 19.9 Å². The smallest absolute Gasteiger partial charge is 0.160 e. The highest BCUT2D eigenvalue weighted by molar-refractivity contribution is 7.16. The molecule has 4 nitrogen and oxygen atoms in total. The van der Waals surface area contributed by atoms with Crippen LogP contribution < -0.4 is 0 Å². The highest BCUT2D eigenvalue weighted by Crippen LogP contribution is 2.35. The quantitative estimate of drug-likeness (QED) is 0.180. The van der Waals surface area contributed by atoms with Crippen molar-refractivity contribution in [2.45, 2.75) is 25.7 Å². The molecule has 2 aliphatic rings. The van der Waals surface area contributed by atoms with E-state index in [1.54, 1.807) is 11.3 Å². The van der Waals surface area contributed by atoms with Crippen LogP contribution in [-0.2, 0) is 12.8 Å². The summed E-state index contributed by atoms with van der Waals surface area (Å²) in [7, 11) is 0. The number of fused-ring (bicyclic) bond motifs is 2. The second kappa shape index (κ2) is 12.7. The third-order valence-corrected chi connectivity index (χ3v) is 10.4. The normalized spacial score (nSPS) is 13.2. The van der Waals surface area contributed by atoms with Gasteiger partial charge in [-0.2, -0.15) is 0 Å². The summed E-state index contributed by atoms with van der Waals surface area (Å²) < 4.78 is 0. The number of rotatable bonds is 6. The summed E-state index contributed by atoms with van der Waals surface area (Å²) in [5.41, 5.74) is 14.0. The maximum Gasteiger partial charge on any atom is 0.160 e. The van der Waals surface area contributed by atoms with Crippen LogP contribution in [0.2, 0.25) is 0 Å². The van der Waals surface area contributed by atoms with Crippen molar-refractivity contribution in [2.75, 3.05) is 0 Å². The van der Waals surface area contributed by atoms with Crippen molar-refractivity contribution in [2.24, 2.45) is 0 Å². The van der Waals surface area contributed by atoms with Gasteiger partial charge < -0.3 is 0 Å². The third kappa shape index (κ3) is 5.94. The first-order valence-corrected chi connectivity index (χ1v) is 17.6. The maximum absolute atomic E-state index is 5.12. The lowest BCUT2D eigenvalue weighted by Crippen LogP contribution is -1.99. The van der Waals surface area contributed by atoms with Crippen LogP contribution in [0.15, 0.2) is 133 Å². The van der Waals surface area contributed by atoms with E-state index in [2.05, 4.69) is 140 Å². The van der Waals surface area contributed by atoms with Crippen LogP contribution in [0.5, 0.6) is 0 Å². The monoisotopic (exact) mass is 648 g/mol. The van der Waals surface area contributed by atoms with Crippen LogP contribution in [0.25, 0.3) is 79.0 Å². The molecule has 9 rings (SSSR count). The van der Waals surface area contributed by atoms with E-state index in [0.29, 0.717) is 5.82 Å². The first kappa shape index (κ1) is 29.4. The lowest BCUT2D eigenvalue weighted by atomic mass is 10.0. The van der Waals surface area contributed by atoms with Gasteiger partial charge in [-0.25, -0.2) is 15.0 Å². The molecule has 0 fully saturated rings. The minimum Gasteiger partial charge on any atom is -0.252 e. The predicted octanol–water partition coefficient (Wildman–Crippen LogP) is 11.2. The van der Waals surface area contributed by atoms with Crippen LogP contribution >= 0.6 is 11.3 Å². The molecule has 4 aromatic carbocycles. The number of pyridine rings is 1. The molecule has 234 valence electrons. The number of allylic oxidation sites excluding steroid dienone is 2. The van der Waals surface area contributed by atoms with E-state index in [1.807, 2.05) is 6.07 Å². The van der Waals surface area contributed by atoms with Gasteiger partial charge >= 0.3 is 0 Å². The maximum atomic E-state index is 5.12. The Morgan fingerprint density at radius 1 is 0.429 bits per heavy atom. The number of aryl methyl sites for hydroxylation is 2. The van der Waals surface area contributed by atoms with Gasteiger partial charge in [-0.15, -0.1) is 11.3 Å². The average Bonchev–Trinajstić information content (AvgIpc) is 3.63. The molecule has 5 heteroatoms. The minimum absolute atomic E-state index is 0.693. The second-order valence-electron chi connectivity index (χ2n) is 12.5. The summed E-state index contributed by atoms with van der Waals surface area (Å²) in [5.74, 6) is 0.693. The van der Waals surface area contributed by atoms with Gasteiger partial charge in [0.1, 0.15) is 5.01 Å². The number of benzene rings is 4. The van der Waals surface area contributed by atoms with E-state index in [-0.39, 0.29) is 0 Å². The van der Waals surface area contributed by atoms with Gasteiger partial charge in [0.05, 0.1) is 27.7 Å².